The number of Topliss-reactive ketones (excluding diaryl/α,β-unsaturated/α-hetero) is 1. The van der Waals surface area contributed by atoms with Crippen LogP contribution in [0.4, 0.5) is 9.59 Å². The van der Waals surface area contributed by atoms with E-state index in [4.69, 9.17) is 10.5 Å². The van der Waals surface area contributed by atoms with E-state index in [1.54, 1.807) is 0 Å². The lowest BCUT2D eigenvalue weighted by atomic mass is 9.80. The summed E-state index contributed by atoms with van der Waals surface area (Å²) in [6, 6.07) is -3.91. The fourth-order valence-corrected chi connectivity index (χ4v) is 6.67. The first-order valence-corrected chi connectivity index (χ1v) is 15.3. The number of nitrogens with zero attached hydrogens (tertiary/aromatic N) is 1. The number of primary amides is 1. The van der Waals surface area contributed by atoms with E-state index < -0.39 is 65.3 Å². The largest absolute Gasteiger partial charge is 0.508 e. The molecule has 13 heteroatoms. The van der Waals surface area contributed by atoms with Crippen molar-refractivity contribution in [1.29, 1.82) is 0 Å². The highest BCUT2D eigenvalue weighted by atomic mass is 16.7. The molecule has 0 bridgehead atoms. The van der Waals surface area contributed by atoms with Crippen molar-refractivity contribution >= 4 is 35.7 Å². The lowest BCUT2D eigenvalue weighted by Crippen LogP contribution is -2.62. The van der Waals surface area contributed by atoms with Crippen molar-refractivity contribution in [3.05, 3.63) is 0 Å². The average molecular weight is 606 g/mol. The van der Waals surface area contributed by atoms with Crippen molar-refractivity contribution < 1.29 is 38.2 Å². The molecule has 6 atom stereocenters. The number of likely N-dealkylation sites (tertiary alicyclic amines) is 1. The van der Waals surface area contributed by atoms with E-state index >= 15 is 0 Å². The third-order valence-corrected chi connectivity index (χ3v) is 9.87. The minimum absolute atomic E-state index is 0.0578. The number of hydrogen-bond acceptors (Lipinski definition) is 8. The number of ether oxygens (including phenoxy) is 2. The number of carbonyl (C=O) groups is 6. The SMILES string of the molecule is COC(=O)OC[C@@H](NC(=O)N[C@H](C(=O)N1C[C@H]2[C@@H]([C@H]1C(=O)NC(CC1CC1)C(=O)C(N)=O)C2(C)C)C(C)(C)C)C1CCC1. The Morgan fingerprint density at radius 2 is 1.65 bits per heavy atom. The Labute approximate surface area is 252 Å². The fourth-order valence-electron chi connectivity index (χ4n) is 6.67. The number of methoxy groups -OCH3 is 1. The van der Waals surface area contributed by atoms with Gasteiger partial charge < -0.3 is 36.1 Å². The van der Waals surface area contributed by atoms with Crippen LogP contribution in [0.2, 0.25) is 0 Å². The van der Waals surface area contributed by atoms with Gasteiger partial charge in [0.2, 0.25) is 17.6 Å². The van der Waals surface area contributed by atoms with Crippen molar-refractivity contribution in [2.45, 2.75) is 97.3 Å². The summed E-state index contributed by atoms with van der Waals surface area (Å²) in [5.41, 5.74) is 4.37. The number of piperidine rings is 1. The van der Waals surface area contributed by atoms with E-state index in [0.29, 0.717) is 13.0 Å². The van der Waals surface area contributed by atoms with Gasteiger partial charge in [0, 0.05) is 6.54 Å². The van der Waals surface area contributed by atoms with Gasteiger partial charge in [0.1, 0.15) is 18.7 Å². The Balaban J connectivity index is 1.49. The van der Waals surface area contributed by atoms with Gasteiger partial charge in [-0.05, 0) is 53.8 Å². The Morgan fingerprint density at radius 3 is 2.16 bits per heavy atom. The van der Waals surface area contributed by atoms with Crippen LogP contribution < -0.4 is 21.7 Å². The standard InChI is InChI=1S/C30H47N5O8/c1-29(2,3)23(34-27(40)33-19(16-8-7-9-16)14-43-28(41)42-6)26(39)35-13-17-20(30(17,4)5)21(35)25(38)32-18(12-15-10-11-15)22(36)24(31)37/h15-21,23H,7-14H2,1-6H3,(H2,31,37)(H,32,38)(H2,33,34,40)/t17-,18?,19+,20-,21-,23+/m0/s1. The van der Waals surface area contributed by atoms with Crippen LogP contribution in [0.15, 0.2) is 0 Å². The highest BCUT2D eigenvalue weighted by Gasteiger charge is 2.70. The molecule has 0 radical (unpaired) electrons. The maximum Gasteiger partial charge on any atom is 0.508 e. The number of amides is 5. The summed E-state index contributed by atoms with van der Waals surface area (Å²) in [6.07, 6.45) is 4.09. The summed E-state index contributed by atoms with van der Waals surface area (Å²) in [4.78, 5) is 78.5. The Hall–Kier alpha value is -3.38. The van der Waals surface area contributed by atoms with Crippen molar-refractivity contribution in [3.8, 4) is 0 Å². The summed E-state index contributed by atoms with van der Waals surface area (Å²) in [5, 5.41) is 8.45. The van der Waals surface area contributed by atoms with Gasteiger partial charge in [-0.3, -0.25) is 19.2 Å². The van der Waals surface area contributed by atoms with E-state index in [1.807, 2.05) is 34.6 Å². The quantitative estimate of drug-likeness (QED) is 0.190. The van der Waals surface area contributed by atoms with Crippen LogP contribution in [0.25, 0.3) is 0 Å². The van der Waals surface area contributed by atoms with E-state index in [2.05, 4.69) is 20.7 Å². The zero-order valence-corrected chi connectivity index (χ0v) is 26.1. The minimum Gasteiger partial charge on any atom is -0.438 e. The fraction of sp³-hybridized carbons (Fsp3) is 0.800. The molecule has 5 N–H and O–H groups in total. The normalized spacial score (nSPS) is 26.1. The summed E-state index contributed by atoms with van der Waals surface area (Å²) in [5.74, 6) is -2.52. The number of carbonyl (C=O) groups excluding carboxylic acids is 6. The predicted molar refractivity (Wildman–Crippen MR) is 154 cm³/mol. The van der Waals surface area contributed by atoms with E-state index in [0.717, 1.165) is 32.1 Å². The molecule has 4 fully saturated rings. The topological polar surface area (TPSA) is 186 Å². The molecule has 1 unspecified atom stereocenters. The molecule has 1 saturated heterocycles. The zero-order chi connectivity index (χ0) is 31.9. The molecule has 3 aliphatic carbocycles. The number of nitrogens with two attached hydrogens (primary N) is 1. The second-order valence-corrected chi connectivity index (χ2v) is 14.3. The predicted octanol–water partition coefficient (Wildman–Crippen LogP) is 1.47. The smallest absolute Gasteiger partial charge is 0.438 e. The molecule has 4 aliphatic rings. The highest BCUT2D eigenvalue weighted by molar-refractivity contribution is 6.37. The summed E-state index contributed by atoms with van der Waals surface area (Å²) >= 11 is 0. The van der Waals surface area contributed by atoms with Gasteiger partial charge in [0.15, 0.2) is 0 Å². The molecule has 1 heterocycles. The van der Waals surface area contributed by atoms with Crippen molar-refractivity contribution in [3.63, 3.8) is 0 Å². The molecule has 43 heavy (non-hydrogen) atoms. The molecule has 4 rings (SSSR count). The van der Waals surface area contributed by atoms with Crippen LogP contribution in [0.5, 0.6) is 0 Å². The monoisotopic (exact) mass is 605 g/mol. The highest BCUT2D eigenvalue weighted by Crippen LogP contribution is 2.65. The first-order valence-electron chi connectivity index (χ1n) is 15.3. The lowest BCUT2D eigenvalue weighted by molar-refractivity contribution is -0.145. The van der Waals surface area contributed by atoms with Crippen LogP contribution in [0.3, 0.4) is 0 Å². The van der Waals surface area contributed by atoms with Gasteiger partial charge in [0.25, 0.3) is 5.91 Å². The van der Waals surface area contributed by atoms with Crippen LogP contribution in [0.1, 0.15) is 73.1 Å². The van der Waals surface area contributed by atoms with Crippen molar-refractivity contribution in [1.82, 2.24) is 20.9 Å². The number of hydrogen-bond donors (Lipinski definition) is 4. The number of urea groups is 1. The number of nitrogens with one attached hydrogen (secondary N) is 3. The second-order valence-electron chi connectivity index (χ2n) is 14.3. The molecule has 3 saturated carbocycles. The first kappa shape index (κ1) is 32.5. The average Bonchev–Trinajstić information content (AvgIpc) is 3.74. The van der Waals surface area contributed by atoms with Crippen LogP contribution in [0, 0.1) is 34.5 Å². The minimum atomic E-state index is -1.10. The molecule has 0 aromatic rings. The summed E-state index contributed by atoms with van der Waals surface area (Å²) in [6.45, 7) is 9.85. The van der Waals surface area contributed by atoms with Gasteiger partial charge in [0.05, 0.1) is 19.2 Å². The van der Waals surface area contributed by atoms with Gasteiger partial charge in [-0.15, -0.1) is 0 Å². The zero-order valence-electron chi connectivity index (χ0n) is 26.1. The van der Waals surface area contributed by atoms with Crippen molar-refractivity contribution in [2.75, 3.05) is 20.3 Å². The number of fused-ring (bicyclic) bond motifs is 1. The van der Waals surface area contributed by atoms with Gasteiger partial charge in [-0.25, -0.2) is 9.59 Å². The third-order valence-electron chi connectivity index (χ3n) is 9.87. The molecule has 5 amide bonds. The Kier molecular flexibility index (Phi) is 9.32. The van der Waals surface area contributed by atoms with Crippen molar-refractivity contribution in [2.24, 2.45) is 40.2 Å². The molecule has 0 spiro atoms. The lowest BCUT2D eigenvalue weighted by Gasteiger charge is -2.38. The van der Waals surface area contributed by atoms with E-state index in [9.17, 15) is 28.8 Å². The second kappa shape index (κ2) is 12.3. The third kappa shape index (κ3) is 7.23. The molecule has 1 aliphatic heterocycles. The van der Waals surface area contributed by atoms with Crippen LogP contribution >= 0.6 is 0 Å². The molecule has 240 valence electrons. The first-order chi connectivity index (χ1) is 20.1. The van der Waals surface area contributed by atoms with Gasteiger partial charge in [-0.1, -0.05) is 53.9 Å². The number of ketones is 1. The number of rotatable bonds is 12. The van der Waals surface area contributed by atoms with Crippen LogP contribution in [-0.4, -0.2) is 85.0 Å². The summed E-state index contributed by atoms with van der Waals surface area (Å²) in [7, 11) is 1.21. The molecular weight excluding hydrogens is 558 g/mol. The molecular formula is C30H47N5O8. The Bertz CT molecular complexity index is 1140. The summed E-state index contributed by atoms with van der Waals surface area (Å²) < 4.78 is 9.65. The molecule has 0 aromatic carbocycles. The van der Waals surface area contributed by atoms with Gasteiger partial charge >= 0.3 is 12.2 Å². The maximum atomic E-state index is 14.2. The van der Waals surface area contributed by atoms with E-state index in [1.165, 1.54) is 12.0 Å². The maximum absolute atomic E-state index is 14.2. The molecule has 13 nitrogen and oxygen atoms in total. The molecule has 0 aromatic heterocycles. The Morgan fingerprint density at radius 1 is 1.00 bits per heavy atom. The van der Waals surface area contributed by atoms with Crippen LogP contribution in [-0.2, 0) is 28.7 Å². The van der Waals surface area contributed by atoms with Gasteiger partial charge in [-0.2, -0.15) is 0 Å². The van der Waals surface area contributed by atoms with E-state index in [-0.39, 0.29) is 35.7 Å².